The van der Waals surface area contributed by atoms with Gasteiger partial charge in [-0.2, -0.15) is 0 Å². The van der Waals surface area contributed by atoms with E-state index in [0.717, 1.165) is 10.7 Å². The van der Waals surface area contributed by atoms with Crippen LogP contribution in [-0.2, 0) is 0 Å². The topological polar surface area (TPSA) is 0 Å². The number of unbranched alkanes of at least 4 members (excludes halogenated alkanes) is 2. The fraction of sp³-hybridized carbons (Fsp3) is 1.00. The quantitative estimate of drug-likeness (QED) is 0.358. The monoisotopic (exact) mass is 260 g/mol. The molecule has 1 saturated carbocycles. The van der Waals surface area contributed by atoms with E-state index >= 15 is 0 Å². The van der Waals surface area contributed by atoms with Gasteiger partial charge in [0.25, 0.3) is 0 Å². The van der Waals surface area contributed by atoms with Crippen molar-refractivity contribution in [3.8, 4) is 0 Å². The molecule has 0 aromatic rings. The molecule has 0 aromatic carbocycles. The SMILES string of the molecule is CCCCCC(Br)C1CCCCCC1. The van der Waals surface area contributed by atoms with Crippen molar-refractivity contribution >= 4 is 15.9 Å². The van der Waals surface area contributed by atoms with Gasteiger partial charge in [0, 0.05) is 4.83 Å². The summed E-state index contributed by atoms with van der Waals surface area (Å²) >= 11 is 3.90. The second-order valence-corrected chi connectivity index (χ2v) is 5.94. The number of hydrogen-bond acceptors (Lipinski definition) is 0. The van der Waals surface area contributed by atoms with Crippen LogP contribution in [0.3, 0.4) is 0 Å². The van der Waals surface area contributed by atoms with Gasteiger partial charge in [0.2, 0.25) is 0 Å². The zero-order valence-electron chi connectivity index (χ0n) is 9.60. The molecule has 1 atom stereocenters. The Morgan fingerprint density at radius 1 is 1.07 bits per heavy atom. The normalized spacial score (nSPS) is 21.9. The van der Waals surface area contributed by atoms with Crippen LogP contribution in [0.5, 0.6) is 0 Å². The van der Waals surface area contributed by atoms with Gasteiger partial charge < -0.3 is 0 Å². The predicted octanol–water partition coefficient (Wildman–Crippen LogP) is 5.30. The number of rotatable bonds is 5. The average molecular weight is 261 g/mol. The zero-order valence-corrected chi connectivity index (χ0v) is 11.2. The van der Waals surface area contributed by atoms with E-state index in [0.29, 0.717) is 0 Å². The summed E-state index contributed by atoms with van der Waals surface area (Å²) in [5, 5.41) is 0. The van der Waals surface area contributed by atoms with Crippen molar-refractivity contribution < 1.29 is 0 Å². The number of hydrogen-bond donors (Lipinski definition) is 0. The maximum Gasteiger partial charge on any atom is 0.0174 e. The molecule has 1 heteroatoms. The Hall–Kier alpha value is 0.480. The highest BCUT2D eigenvalue weighted by Gasteiger charge is 2.19. The van der Waals surface area contributed by atoms with Gasteiger partial charge in [-0.05, 0) is 25.2 Å². The summed E-state index contributed by atoms with van der Waals surface area (Å²) in [6.45, 7) is 2.29. The summed E-state index contributed by atoms with van der Waals surface area (Å²) in [5.74, 6) is 0.981. The summed E-state index contributed by atoms with van der Waals surface area (Å²) in [5.41, 5.74) is 0. The van der Waals surface area contributed by atoms with Crippen molar-refractivity contribution in [2.45, 2.75) is 76.0 Å². The van der Waals surface area contributed by atoms with Gasteiger partial charge in [-0.3, -0.25) is 0 Å². The lowest BCUT2D eigenvalue weighted by atomic mass is 9.93. The van der Waals surface area contributed by atoms with E-state index in [1.165, 1.54) is 64.2 Å². The Kier molecular flexibility index (Phi) is 6.93. The summed E-state index contributed by atoms with van der Waals surface area (Å²) in [4.78, 5) is 0.812. The molecule has 0 heterocycles. The van der Waals surface area contributed by atoms with Gasteiger partial charge in [-0.15, -0.1) is 0 Å². The van der Waals surface area contributed by atoms with Crippen LogP contribution in [0.1, 0.15) is 71.1 Å². The van der Waals surface area contributed by atoms with Gasteiger partial charge in [0.15, 0.2) is 0 Å². The van der Waals surface area contributed by atoms with Crippen LogP contribution >= 0.6 is 15.9 Å². The standard InChI is InChI=1S/C13H25Br/c1-2-3-6-11-13(14)12-9-7-4-5-8-10-12/h12-13H,2-11H2,1H3. The third kappa shape index (κ3) is 4.82. The maximum atomic E-state index is 3.90. The lowest BCUT2D eigenvalue weighted by Crippen LogP contribution is -2.13. The highest BCUT2D eigenvalue weighted by Crippen LogP contribution is 2.31. The minimum absolute atomic E-state index is 0.812. The molecule has 0 spiro atoms. The van der Waals surface area contributed by atoms with Crippen molar-refractivity contribution in [1.82, 2.24) is 0 Å². The van der Waals surface area contributed by atoms with E-state index in [2.05, 4.69) is 22.9 Å². The van der Waals surface area contributed by atoms with Crippen molar-refractivity contribution in [3.05, 3.63) is 0 Å². The molecule has 0 aromatic heterocycles. The molecule has 0 radical (unpaired) electrons. The largest absolute Gasteiger partial charge is 0.0888 e. The van der Waals surface area contributed by atoms with E-state index in [1.807, 2.05) is 0 Å². The molecular formula is C13H25Br. The van der Waals surface area contributed by atoms with Crippen LogP contribution in [0.25, 0.3) is 0 Å². The first kappa shape index (κ1) is 12.5. The molecule has 0 amide bonds. The van der Waals surface area contributed by atoms with Crippen LogP contribution < -0.4 is 0 Å². The first-order chi connectivity index (χ1) is 6.84. The Balaban J connectivity index is 2.16. The second kappa shape index (κ2) is 7.73. The Bertz CT molecular complexity index is 125. The maximum absolute atomic E-state index is 3.90. The lowest BCUT2D eigenvalue weighted by molar-refractivity contribution is 0.424. The highest BCUT2D eigenvalue weighted by molar-refractivity contribution is 9.09. The summed E-state index contributed by atoms with van der Waals surface area (Å²) in [6, 6.07) is 0. The van der Waals surface area contributed by atoms with Gasteiger partial charge in [-0.25, -0.2) is 0 Å². The smallest absolute Gasteiger partial charge is 0.0174 e. The third-order valence-corrected chi connectivity index (χ3v) is 4.70. The fourth-order valence-electron chi connectivity index (χ4n) is 2.50. The molecule has 1 unspecified atom stereocenters. The minimum atomic E-state index is 0.812. The van der Waals surface area contributed by atoms with Crippen LogP contribution in [0, 0.1) is 5.92 Å². The predicted molar refractivity (Wildman–Crippen MR) is 68.0 cm³/mol. The third-order valence-electron chi connectivity index (χ3n) is 3.49. The molecule has 0 aliphatic heterocycles. The second-order valence-electron chi connectivity index (χ2n) is 4.76. The number of alkyl halides is 1. The molecular weight excluding hydrogens is 236 g/mol. The summed E-state index contributed by atoms with van der Waals surface area (Å²) in [6.07, 6.45) is 14.4. The van der Waals surface area contributed by atoms with Crippen molar-refractivity contribution in [2.75, 3.05) is 0 Å². The van der Waals surface area contributed by atoms with E-state index < -0.39 is 0 Å². The van der Waals surface area contributed by atoms with Crippen LogP contribution in [-0.4, -0.2) is 4.83 Å². The van der Waals surface area contributed by atoms with Gasteiger partial charge in [0.1, 0.15) is 0 Å². The molecule has 1 rings (SSSR count). The fourth-order valence-corrected chi connectivity index (χ4v) is 3.35. The Morgan fingerprint density at radius 2 is 1.71 bits per heavy atom. The van der Waals surface area contributed by atoms with Crippen molar-refractivity contribution in [1.29, 1.82) is 0 Å². The van der Waals surface area contributed by atoms with Crippen molar-refractivity contribution in [2.24, 2.45) is 5.92 Å². The van der Waals surface area contributed by atoms with Crippen LogP contribution in [0.4, 0.5) is 0 Å². The molecule has 0 nitrogen and oxygen atoms in total. The molecule has 14 heavy (non-hydrogen) atoms. The summed E-state index contributed by atoms with van der Waals surface area (Å²) in [7, 11) is 0. The van der Waals surface area contributed by atoms with E-state index in [1.54, 1.807) is 0 Å². The average Bonchev–Trinajstić information content (AvgIpc) is 2.46. The van der Waals surface area contributed by atoms with E-state index in [4.69, 9.17) is 0 Å². The molecule has 0 bridgehead atoms. The molecule has 1 aliphatic carbocycles. The van der Waals surface area contributed by atoms with E-state index in [9.17, 15) is 0 Å². The Morgan fingerprint density at radius 3 is 2.29 bits per heavy atom. The van der Waals surface area contributed by atoms with Crippen LogP contribution in [0.2, 0.25) is 0 Å². The lowest BCUT2D eigenvalue weighted by Gasteiger charge is -2.20. The zero-order chi connectivity index (χ0) is 10.2. The summed E-state index contributed by atoms with van der Waals surface area (Å²) < 4.78 is 0. The molecule has 1 fully saturated rings. The van der Waals surface area contributed by atoms with Crippen LogP contribution in [0.15, 0.2) is 0 Å². The van der Waals surface area contributed by atoms with E-state index in [-0.39, 0.29) is 0 Å². The molecule has 0 saturated heterocycles. The molecule has 0 N–H and O–H groups in total. The highest BCUT2D eigenvalue weighted by atomic mass is 79.9. The minimum Gasteiger partial charge on any atom is -0.0888 e. The Labute approximate surface area is 98.0 Å². The van der Waals surface area contributed by atoms with Crippen molar-refractivity contribution in [3.63, 3.8) is 0 Å². The first-order valence-corrected chi connectivity index (χ1v) is 7.40. The van der Waals surface area contributed by atoms with Gasteiger partial charge in [-0.1, -0.05) is 67.8 Å². The molecule has 1 aliphatic rings. The molecule has 84 valence electrons. The number of halogens is 1. The van der Waals surface area contributed by atoms with Gasteiger partial charge in [0.05, 0.1) is 0 Å². The first-order valence-electron chi connectivity index (χ1n) is 6.48. The van der Waals surface area contributed by atoms with Gasteiger partial charge >= 0.3 is 0 Å².